The molecule has 1 N–H and O–H groups in total. The van der Waals surface area contributed by atoms with E-state index < -0.39 is 0 Å². The van der Waals surface area contributed by atoms with Gasteiger partial charge in [-0.2, -0.15) is 0 Å². The average Bonchev–Trinajstić information content (AvgIpc) is 2.29. The normalized spacial score (nSPS) is 10.4. The molecule has 94 valence electrons. The highest BCUT2D eigenvalue weighted by molar-refractivity contribution is 9.10. The Balaban J connectivity index is 2.13. The molecule has 0 aliphatic heterocycles. The molecule has 2 aromatic carbocycles. The molecule has 2 rings (SSSR count). The molecule has 0 heterocycles. The number of halogens is 3. The lowest BCUT2D eigenvalue weighted by atomic mass is 10.2. The van der Waals surface area contributed by atoms with Gasteiger partial charge in [0.05, 0.1) is 10.7 Å². The van der Waals surface area contributed by atoms with Gasteiger partial charge < -0.3 is 5.32 Å². The van der Waals surface area contributed by atoms with Crippen LogP contribution in [0.3, 0.4) is 0 Å². The monoisotopic (exact) mass is 327 g/mol. The van der Waals surface area contributed by atoms with E-state index in [9.17, 15) is 4.39 Å². The van der Waals surface area contributed by atoms with Gasteiger partial charge >= 0.3 is 0 Å². The van der Waals surface area contributed by atoms with Gasteiger partial charge in [-0.1, -0.05) is 33.6 Å². The minimum Gasteiger partial charge on any atom is -0.380 e. The van der Waals surface area contributed by atoms with Gasteiger partial charge in [-0.05, 0) is 48.4 Å². The minimum absolute atomic E-state index is 0.253. The molecule has 4 heteroatoms. The van der Waals surface area contributed by atoms with E-state index in [4.69, 9.17) is 11.6 Å². The van der Waals surface area contributed by atoms with Gasteiger partial charge in [0.2, 0.25) is 0 Å². The van der Waals surface area contributed by atoms with Crippen LogP contribution in [0.4, 0.5) is 10.1 Å². The molecule has 0 unspecified atom stereocenters. The summed E-state index contributed by atoms with van der Waals surface area (Å²) in [6.07, 6.45) is 0. The zero-order valence-corrected chi connectivity index (χ0v) is 12.1. The Hall–Kier alpha value is -1.06. The van der Waals surface area contributed by atoms with E-state index in [1.807, 2.05) is 31.2 Å². The second-order valence-corrected chi connectivity index (χ2v) is 5.44. The van der Waals surface area contributed by atoms with Crippen LogP contribution in [0, 0.1) is 12.7 Å². The molecule has 0 atom stereocenters. The first kappa shape index (κ1) is 13.4. The molecular formula is C14H12BrClFN. The first-order chi connectivity index (χ1) is 8.54. The fourth-order valence-corrected chi connectivity index (χ4v) is 2.38. The van der Waals surface area contributed by atoms with E-state index in [1.165, 1.54) is 12.1 Å². The van der Waals surface area contributed by atoms with E-state index in [2.05, 4.69) is 21.2 Å². The summed E-state index contributed by atoms with van der Waals surface area (Å²) < 4.78 is 13.9. The van der Waals surface area contributed by atoms with Crippen LogP contribution in [-0.4, -0.2) is 0 Å². The summed E-state index contributed by atoms with van der Waals surface area (Å²) in [5.74, 6) is -0.253. The largest absolute Gasteiger partial charge is 0.380 e. The maximum Gasteiger partial charge on any atom is 0.124 e. The molecule has 0 radical (unpaired) electrons. The lowest BCUT2D eigenvalue weighted by Crippen LogP contribution is -2.00. The third kappa shape index (κ3) is 3.47. The molecule has 0 bridgehead atoms. The van der Waals surface area contributed by atoms with E-state index in [0.717, 1.165) is 21.3 Å². The van der Waals surface area contributed by atoms with Crippen molar-refractivity contribution in [3.63, 3.8) is 0 Å². The van der Waals surface area contributed by atoms with Crippen molar-refractivity contribution >= 4 is 33.2 Å². The Morgan fingerprint density at radius 2 is 2.00 bits per heavy atom. The molecule has 0 aliphatic carbocycles. The first-order valence-electron chi connectivity index (χ1n) is 5.49. The SMILES string of the molecule is Cc1ccc(Cl)c(NCc2cc(F)cc(Br)c2)c1. The van der Waals surface area contributed by atoms with Crippen molar-refractivity contribution in [2.24, 2.45) is 0 Å². The minimum atomic E-state index is -0.253. The molecule has 0 aliphatic rings. The molecule has 0 spiro atoms. The van der Waals surface area contributed by atoms with Crippen molar-refractivity contribution in [2.45, 2.75) is 13.5 Å². The van der Waals surface area contributed by atoms with Crippen LogP contribution in [0.1, 0.15) is 11.1 Å². The summed E-state index contributed by atoms with van der Waals surface area (Å²) in [7, 11) is 0. The number of benzene rings is 2. The highest BCUT2D eigenvalue weighted by Crippen LogP contribution is 2.24. The molecular weight excluding hydrogens is 317 g/mol. The van der Waals surface area contributed by atoms with Crippen molar-refractivity contribution in [2.75, 3.05) is 5.32 Å². The molecule has 0 amide bonds. The molecule has 0 saturated heterocycles. The van der Waals surface area contributed by atoms with Crippen LogP contribution in [0.2, 0.25) is 5.02 Å². The fourth-order valence-electron chi connectivity index (χ4n) is 1.68. The average molecular weight is 329 g/mol. The Morgan fingerprint density at radius 3 is 2.72 bits per heavy atom. The summed E-state index contributed by atoms with van der Waals surface area (Å²) >= 11 is 9.35. The predicted molar refractivity (Wildman–Crippen MR) is 77.6 cm³/mol. The topological polar surface area (TPSA) is 12.0 Å². The summed E-state index contributed by atoms with van der Waals surface area (Å²) in [4.78, 5) is 0. The summed E-state index contributed by atoms with van der Waals surface area (Å²) in [5.41, 5.74) is 2.85. The van der Waals surface area contributed by atoms with Crippen molar-refractivity contribution in [3.05, 3.63) is 62.8 Å². The Kier molecular flexibility index (Phi) is 4.25. The lowest BCUT2D eigenvalue weighted by Gasteiger charge is -2.10. The molecule has 0 aromatic heterocycles. The van der Waals surface area contributed by atoms with E-state index >= 15 is 0 Å². The highest BCUT2D eigenvalue weighted by atomic mass is 79.9. The number of rotatable bonds is 3. The third-order valence-corrected chi connectivity index (χ3v) is 3.31. The van der Waals surface area contributed by atoms with E-state index in [-0.39, 0.29) is 5.82 Å². The van der Waals surface area contributed by atoms with Crippen LogP contribution < -0.4 is 5.32 Å². The molecule has 0 fully saturated rings. The van der Waals surface area contributed by atoms with Gasteiger partial charge in [-0.3, -0.25) is 0 Å². The van der Waals surface area contributed by atoms with Crippen LogP contribution in [0.5, 0.6) is 0 Å². The molecule has 1 nitrogen and oxygen atoms in total. The van der Waals surface area contributed by atoms with Gasteiger partial charge in [0.15, 0.2) is 0 Å². The van der Waals surface area contributed by atoms with Gasteiger partial charge in [0.25, 0.3) is 0 Å². The third-order valence-electron chi connectivity index (χ3n) is 2.53. The molecule has 0 saturated carbocycles. The number of nitrogens with one attached hydrogen (secondary N) is 1. The maximum atomic E-state index is 13.2. The Labute approximate surface area is 119 Å². The van der Waals surface area contributed by atoms with Crippen LogP contribution in [0.25, 0.3) is 0 Å². The molecule has 2 aromatic rings. The molecule has 18 heavy (non-hydrogen) atoms. The standard InChI is InChI=1S/C14H12BrClFN/c1-9-2-3-13(16)14(4-9)18-8-10-5-11(15)7-12(17)6-10/h2-7,18H,8H2,1H3. The predicted octanol–water partition coefficient (Wildman–Crippen LogP) is 5.16. The van der Waals surface area contributed by atoms with Crippen molar-refractivity contribution in [1.29, 1.82) is 0 Å². The van der Waals surface area contributed by atoms with Crippen molar-refractivity contribution in [1.82, 2.24) is 0 Å². The van der Waals surface area contributed by atoms with E-state index in [0.29, 0.717) is 11.6 Å². The van der Waals surface area contributed by atoms with Crippen LogP contribution in [-0.2, 0) is 6.54 Å². The van der Waals surface area contributed by atoms with Gasteiger partial charge in [0.1, 0.15) is 5.82 Å². The fraction of sp³-hybridized carbons (Fsp3) is 0.143. The van der Waals surface area contributed by atoms with Gasteiger partial charge in [0, 0.05) is 11.0 Å². The highest BCUT2D eigenvalue weighted by Gasteiger charge is 2.02. The smallest absolute Gasteiger partial charge is 0.124 e. The zero-order valence-electron chi connectivity index (χ0n) is 9.81. The maximum absolute atomic E-state index is 13.2. The van der Waals surface area contributed by atoms with E-state index in [1.54, 1.807) is 0 Å². The van der Waals surface area contributed by atoms with Crippen LogP contribution in [0.15, 0.2) is 40.9 Å². The van der Waals surface area contributed by atoms with Crippen LogP contribution >= 0.6 is 27.5 Å². The Bertz CT molecular complexity index is 551. The number of anilines is 1. The number of aryl methyl sites for hydroxylation is 1. The first-order valence-corrected chi connectivity index (χ1v) is 6.67. The summed E-state index contributed by atoms with van der Waals surface area (Å²) in [5, 5.41) is 3.87. The quantitative estimate of drug-likeness (QED) is 0.820. The number of hydrogen-bond acceptors (Lipinski definition) is 1. The second-order valence-electron chi connectivity index (χ2n) is 4.11. The van der Waals surface area contributed by atoms with Crippen molar-refractivity contribution in [3.8, 4) is 0 Å². The number of hydrogen-bond donors (Lipinski definition) is 1. The Morgan fingerprint density at radius 1 is 1.22 bits per heavy atom. The second kappa shape index (κ2) is 5.72. The van der Waals surface area contributed by atoms with Gasteiger partial charge in [-0.15, -0.1) is 0 Å². The van der Waals surface area contributed by atoms with Gasteiger partial charge in [-0.25, -0.2) is 4.39 Å². The summed E-state index contributed by atoms with van der Waals surface area (Å²) in [6.45, 7) is 2.53. The zero-order chi connectivity index (χ0) is 13.1. The lowest BCUT2D eigenvalue weighted by molar-refractivity contribution is 0.625. The van der Waals surface area contributed by atoms with Crippen molar-refractivity contribution < 1.29 is 4.39 Å². The summed E-state index contributed by atoms with van der Waals surface area (Å²) in [6, 6.07) is 10.6.